The van der Waals surface area contributed by atoms with Crippen LogP contribution in [0.2, 0.25) is 0 Å². The van der Waals surface area contributed by atoms with E-state index in [0.29, 0.717) is 0 Å². The van der Waals surface area contributed by atoms with Crippen molar-refractivity contribution in [1.29, 1.82) is 5.26 Å². The Kier molecular flexibility index (Phi) is 4.09. The van der Waals surface area contributed by atoms with Crippen LogP contribution < -0.4 is 5.32 Å². The third-order valence-electron chi connectivity index (χ3n) is 2.71. The van der Waals surface area contributed by atoms with E-state index in [0.717, 1.165) is 0 Å². The van der Waals surface area contributed by atoms with Crippen molar-refractivity contribution in [2.45, 2.75) is 39.8 Å². The Morgan fingerprint density at radius 2 is 1.75 bits per heavy atom. The molecule has 2 heteroatoms. The summed E-state index contributed by atoms with van der Waals surface area (Å²) in [5.41, 5.74) is 1.17. The smallest absolute Gasteiger partial charge is 0.101 e. The molecule has 0 amide bonds. The molecule has 0 spiro atoms. The molecule has 0 aliphatic carbocycles. The van der Waals surface area contributed by atoms with Gasteiger partial charge in [-0.2, -0.15) is 5.26 Å². The van der Waals surface area contributed by atoms with E-state index in [4.69, 9.17) is 5.26 Å². The monoisotopic (exact) mass is 216 g/mol. The number of rotatable bonds is 3. The summed E-state index contributed by atoms with van der Waals surface area (Å²) in [6, 6.07) is 12.6. The van der Waals surface area contributed by atoms with Crippen molar-refractivity contribution in [1.82, 2.24) is 5.32 Å². The largest absolute Gasteiger partial charge is 0.295 e. The molecule has 0 fully saturated rings. The molecule has 1 aromatic carbocycles. The van der Waals surface area contributed by atoms with Gasteiger partial charge < -0.3 is 0 Å². The van der Waals surface area contributed by atoms with E-state index in [1.165, 1.54) is 5.56 Å². The van der Waals surface area contributed by atoms with Gasteiger partial charge in [0.1, 0.15) is 6.04 Å². The first-order chi connectivity index (χ1) is 7.45. The van der Waals surface area contributed by atoms with Crippen molar-refractivity contribution >= 4 is 0 Å². The average Bonchev–Trinajstić information content (AvgIpc) is 2.25. The van der Waals surface area contributed by atoms with Gasteiger partial charge in [0.25, 0.3) is 0 Å². The normalized spacial score (nSPS) is 15.2. The van der Waals surface area contributed by atoms with Crippen LogP contribution in [-0.4, -0.2) is 6.04 Å². The second kappa shape index (κ2) is 5.14. The second-order valence-corrected chi connectivity index (χ2v) is 5.23. The zero-order valence-electron chi connectivity index (χ0n) is 10.5. The Hall–Kier alpha value is -1.33. The third-order valence-corrected chi connectivity index (χ3v) is 2.71. The van der Waals surface area contributed by atoms with Crippen LogP contribution in [0.1, 0.15) is 39.3 Å². The highest BCUT2D eigenvalue weighted by Crippen LogP contribution is 2.22. The van der Waals surface area contributed by atoms with Crippen molar-refractivity contribution in [3.8, 4) is 6.07 Å². The summed E-state index contributed by atoms with van der Waals surface area (Å²) in [6.07, 6.45) is 0. The van der Waals surface area contributed by atoms with Crippen LogP contribution in [0.15, 0.2) is 30.3 Å². The summed E-state index contributed by atoms with van der Waals surface area (Å²) in [6.45, 7) is 8.31. The predicted octanol–water partition coefficient (Wildman–Crippen LogP) is 3.28. The summed E-state index contributed by atoms with van der Waals surface area (Å²) in [7, 11) is 0. The van der Waals surface area contributed by atoms with Crippen LogP contribution in [-0.2, 0) is 0 Å². The SMILES string of the molecule is C[C@@H](N[C@H](C#N)C(C)(C)C)c1ccccc1. The van der Waals surface area contributed by atoms with Gasteiger partial charge in [0.2, 0.25) is 0 Å². The van der Waals surface area contributed by atoms with Gasteiger partial charge in [-0.3, -0.25) is 5.32 Å². The topological polar surface area (TPSA) is 35.8 Å². The molecular formula is C14H20N2. The minimum Gasteiger partial charge on any atom is -0.295 e. The van der Waals surface area contributed by atoms with E-state index in [1.54, 1.807) is 0 Å². The summed E-state index contributed by atoms with van der Waals surface area (Å²) < 4.78 is 0. The van der Waals surface area contributed by atoms with Crippen LogP contribution in [0, 0.1) is 16.7 Å². The molecule has 0 aliphatic rings. The van der Waals surface area contributed by atoms with Crippen molar-refractivity contribution < 1.29 is 0 Å². The molecule has 0 radical (unpaired) electrons. The molecule has 0 bridgehead atoms. The highest BCUT2D eigenvalue weighted by atomic mass is 15.0. The van der Waals surface area contributed by atoms with Gasteiger partial charge in [0.15, 0.2) is 0 Å². The lowest BCUT2D eigenvalue weighted by molar-refractivity contribution is 0.300. The Balaban J connectivity index is 2.72. The number of nitrogens with zero attached hydrogens (tertiary/aromatic N) is 1. The van der Waals surface area contributed by atoms with E-state index in [1.807, 2.05) is 18.2 Å². The Bertz CT molecular complexity index is 357. The van der Waals surface area contributed by atoms with Gasteiger partial charge in [0.05, 0.1) is 6.07 Å². The van der Waals surface area contributed by atoms with Crippen LogP contribution in [0.25, 0.3) is 0 Å². The molecule has 0 saturated heterocycles. The van der Waals surface area contributed by atoms with Gasteiger partial charge in [-0.05, 0) is 17.9 Å². The van der Waals surface area contributed by atoms with E-state index in [2.05, 4.69) is 51.2 Å². The molecule has 0 unspecified atom stereocenters. The first-order valence-corrected chi connectivity index (χ1v) is 5.66. The Morgan fingerprint density at radius 3 is 2.19 bits per heavy atom. The summed E-state index contributed by atoms with van der Waals surface area (Å²) in [4.78, 5) is 0. The standard InChI is InChI=1S/C14H20N2/c1-11(12-8-6-5-7-9-12)16-13(10-15)14(2,3)4/h5-9,11,13,16H,1-4H3/t11-,13-/m1/s1. The van der Waals surface area contributed by atoms with Gasteiger partial charge in [-0.25, -0.2) is 0 Å². The minimum absolute atomic E-state index is 0.0439. The fourth-order valence-corrected chi connectivity index (χ4v) is 1.57. The van der Waals surface area contributed by atoms with E-state index in [-0.39, 0.29) is 17.5 Å². The lowest BCUT2D eigenvalue weighted by atomic mass is 9.87. The molecule has 0 aromatic heterocycles. The lowest BCUT2D eigenvalue weighted by Crippen LogP contribution is -2.40. The lowest BCUT2D eigenvalue weighted by Gasteiger charge is -2.28. The molecule has 2 atom stereocenters. The quantitative estimate of drug-likeness (QED) is 0.841. The molecule has 0 aliphatic heterocycles. The van der Waals surface area contributed by atoms with Crippen molar-refractivity contribution in [2.24, 2.45) is 5.41 Å². The maximum atomic E-state index is 9.14. The zero-order valence-corrected chi connectivity index (χ0v) is 10.5. The number of hydrogen-bond acceptors (Lipinski definition) is 2. The Labute approximate surface area is 98.3 Å². The van der Waals surface area contributed by atoms with E-state index < -0.39 is 0 Å². The molecule has 1 aromatic rings. The first kappa shape index (κ1) is 12.7. The molecular weight excluding hydrogens is 196 g/mol. The third kappa shape index (κ3) is 3.36. The molecule has 1 N–H and O–H groups in total. The zero-order chi connectivity index (χ0) is 12.2. The molecule has 1 rings (SSSR count). The summed E-state index contributed by atoms with van der Waals surface area (Å²) in [5, 5.41) is 12.5. The molecule has 16 heavy (non-hydrogen) atoms. The highest BCUT2D eigenvalue weighted by molar-refractivity contribution is 5.19. The molecule has 0 saturated carbocycles. The fourth-order valence-electron chi connectivity index (χ4n) is 1.57. The number of nitrogens with one attached hydrogen (secondary N) is 1. The summed E-state index contributed by atoms with van der Waals surface area (Å²) >= 11 is 0. The number of nitriles is 1. The summed E-state index contributed by atoms with van der Waals surface area (Å²) in [5.74, 6) is 0. The number of hydrogen-bond donors (Lipinski definition) is 1. The Morgan fingerprint density at radius 1 is 1.19 bits per heavy atom. The highest BCUT2D eigenvalue weighted by Gasteiger charge is 2.25. The molecule has 86 valence electrons. The number of benzene rings is 1. The van der Waals surface area contributed by atoms with Gasteiger partial charge >= 0.3 is 0 Å². The predicted molar refractivity (Wildman–Crippen MR) is 66.8 cm³/mol. The fraction of sp³-hybridized carbons (Fsp3) is 0.500. The maximum Gasteiger partial charge on any atom is 0.101 e. The van der Waals surface area contributed by atoms with E-state index in [9.17, 15) is 0 Å². The van der Waals surface area contributed by atoms with Gasteiger partial charge in [-0.1, -0.05) is 51.1 Å². The van der Waals surface area contributed by atoms with Crippen molar-refractivity contribution in [3.05, 3.63) is 35.9 Å². The van der Waals surface area contributed by atoms with Crippen molar-refractivity contribution in [2.75, 3.05) is 0 Å². The van der Waals surface area contributed by atoms with Gasteiger partial charge in [0, 0.05) is 6.04 Å². The second-order valence-electron chi connectivity index (χ2n) is 5.23. The minimum atomic E-state index is -0.136. The first-order valence-electron chi connectivity index (χ1n) is 5.66. The van der Waals surface area contributed by atoms with Crippen LogP contribution in [0.5, 0.6) is 0 Å². The van der Waals surface area contributed by atoms with Gasteiger partial charge in [-0.15, -0.1) is 0 Å². The van der Waals surface area contributed by atoms with Crippen LogP contribution in [0.3, 0.4) is 0 Å². The average molecular weight is 216 g/mol. The maximum absolute atomic E-state index is 9.14. The molecule has 0 heterocycles. The molecule has 2 nitrogen and oxygen atoms in total. The van der Waals surface area contributed by atoms with E-state index >= 15 is 0 Å². The van der Waals surface area contributed by atoms with Crippen LogP contribution in [0.4, 0.5) is 0 Å². The van der Waals surface area contributed by atoms with Crippen LogP contribution >= 0.6 is 0 Å². The van der Waals surface area contributed by atoms with Crippen molar-refractivity contribution in [3.63, 3.8) is 0 Å².